The number of primary amides is 1. The van der Waals surface area contributed by atoms with Gasteiger partial charge >= 0.3 is 0 Å². The third-order valence-electron chi connectivity index (χ3n) is 5.95. The van der Waals surface area contributed by atoms with Crippen LogP contribution in [0.25, 0.3) is 0 Å². The third-order valence-corrected chi connectivity index (χ3v) is 6.50. The minimum atomic E-state index is -0.735. The molecule has 0 aliphatic carbocycles. The minimum absolute atomic E-state index is 0.0617. The maximum absolute atomic E-state index is 13.2. The number of carbonyl (C=O) groups excluding carboxylic acids is 1. The number of carbonyl (C=O) groups is 1. The average Bonchev–Trinajstić information content (AvgIpc) is 2.80. The molecule has 0 saturated carbocycles. The number of hydrogen-bond acceptors (Lipinski definition) is 4. The second-order valence-electron chi connectivity index (χ2n) is 8.12. The first-order valence-corrected chi connectivity index (χ1v) is 11.3. The number of halogens is 3. The molecule has 8 heteroatoms. The van der Waals surface area contributed by atoms with E-state index >= 15 is 0 Å². The molecule has 3 aromatic rings. The maximum Gasteiger partial charge on any atom is 0.248 e. The Bertz CT molecular complexity index is 1130. The SMILES string of the molecule is NC(=O)c1ccc(N2CCN(C[C@@H](O)c3ccc(F)cc3)C[C@H]2c2ccc(Cl)cc2)c(Cl)c1. The quantitative estimate of drug-likeness (QED) is 0.522. The Hall–Kier alpha value is -2.64. The highest BCUT2D eigenvalue weighted by molar-refractivity contribution is 6.33. The molecular weight excluding hydrogens is 464 g/mol. The van der Waals surface area contributed by atoms with Crippen molar-refractivity contribution < 1.29 is 14.3 Å². The van der Waals surface area contributed by atoms with Gasteiger partial charge in [-0.3, -0.25) is 9.69 Å². The Morgan fingerprint density at radius 3 is 2.39 bits per heavy atom. The van der Waals surface area contributed by atoms with Gasteiger partial charge in [-0.25, -0.2) is 4.39 Å². The summed E-state index contributed by atoms with van der Waals surface area (Å²) in [6.45, 7) is 2.39. The smallest absolute Gasteiger partial charge is 0.248 e. The van der Waals surface area contributed by atoms with Crippen LogP contribution in [0.15, 0.2) is 66.7 Å². The molecule has 4 rings (SSSR count). The van der Waals surface area contributed by atoms with E-state index in [0.717, 1.165) is 11.3 Å². The zero-order valence-electron chi connectivity index (χ0n) is 17.8. The van der Waals surface area contributed by atoms with E-state index in [2.05, 4.69) is 9.80 Å². The number of hydrogen-bond donors (Lipinski definition) is 2. The van der Waals surface area contributed by atoms with Crippen LogP contribution in [-0.2, 0) is 0 Å². The zero-order chi connectivity index (χ0) is 23.5. The molecule has 1 heterocycles. The van der Waals surface area contributed by atoms with Gasteiger partial charge in [0, 0.05) is 36.8 Å². The lowest BCUT2D eigenvalue weighted by Crippen LogP contribution is -2.49. The first-order valence-electron chi connectivity index (χ1n) is 10.6. The van der Waals surface area contributed by atoms with Gasteiger partial charge in [-0.2, -0.15) is 0 Å². The number of benzene rings is 3. The molecule has 3 N–H and O–H groups in total. The van der Waals surface area contributed by atoms with E-state index in [9.17, 15) is 14.3 Å². The molecule has 172 valence electrons. The lowest BCUT2D eigenvalue weighted by Gasteiger charge is -2.44. The molecule has 5 nitrogen and oxygen atoms in total. The number of nitrogens with zero attached hydrogens (tertiary/aromatic N) is 2. The number of amides is 1. The third kappa shape index (κ3) is 5.47. The predicted molar refractivity (Wildman–Crippen MR) is 129 cm³/mol. The summed E-state index contributed by atoms with van der Waals surface area (Å²) < 4.78 is 13.2. The van der Waals surface area contributed by atoms with Crippen molar-refractivity contribution in [3.05, 3.63) is 99.3 Å². The molecule has 0 unspecified atom stereocenters. The van der Waals surface area contributed by atoms with E-state index in [0.29, 0.717) is 47.4 Å². The van der Waals surface area contributed by atoms with Crippen LogP contribution < -0.4 is 10.6 Å². The van der Waals surface area contributed by atoms with Gasteiger partial charge < -0.3 is 15.7 Å². The van der Waals surface area contributed by atoms with Crippen molar-refractivity contribution in [2.24, 2.45) is 5.73 Å². The van der Waals surface area contributed by atoms with Crippen LogP contribution >= 0.6 is 23.2 Å². The van der Waals surface area contributed by atoms with Crippen molar-refractivity contribution in [3.63, 3.8) is 0 Å². The lowest BCUT2D eigenvalue weighted by molar-refractivity contribution is 0.0999. The maximum atomic E-state index is 13.2. The highest BCUT2D eigenvalue weighted by atomic mass is 35.5. The molecule has 3 aromatic carbocycles. The molecule has 0 aromatic heterocycles. The van der Waals surface area contributed by atoms with Crippen LogP contribution in [0.4, 0.5) is 10.1 Å². The van der Waals surface area contributed by atoms with Crippen LogP contribution in [0.3, 0.4) is 0 Å². The number of anilines is 1. The van der Waals surface area contributed by atoms with Crippen molar-refractivity contribution in [1.82, 2.24) is 4.90 Å². The van der Waals surface area contributed by atoms with Crippen LogP contribution in [0, 0.1) is 5.82 Å². The highest BCUT2D eigenvalue weighted by Gasteiger charge is 2.31. The fraction of sp³-hybridized carbons (Fsp3) is 0.240. The Morgan fingerprint density at radius 2 is 1.76 bits per heavy atom. The van der Waals surface area contributed by atoms with Gasteiger partial charge in [0.1, 0.15) is 5.82 Å². The first kappa shape index (κ1) is 23.5. The van der Waals surface area contributed by atoms with Gasteiger partial charge in [0.15, 0.2) is 0 Å². The summed E-state index contributed by atoms with van der Waals surface area (Å²) in [6, 6.07) is 18.6. The summed E-state index contributed by atoms with van der Waals surface area (Å²) in [5.74, 6) is -0.862. The largest absolute Gasteiger partial charge is 0.387 e. The number of β-amino-alcohol motifs (C(OH)–C–C–N with tert-alkyl or cyclic N) is 1. The number of rotatable bonds is 6. The van der Waals surface area contributed by atoms with Crippen molar-refractivity contribution in [1.29, 1.82) is 0 Å². The monoisotopic (exact) mass is 487 g/mol. The van der Waals surface area contributed by atoms with Crippen LogP contribution in [0.5, 0.6) is 0 Å². The summed E-state index contributed by atoms with van der Waals surface area (Å²) in [5.41, 5.74) is 8.27. The summed E-state index contributed by atoms with van der Waals surface area (Å²) in [5, 5.41) is 11.8. The van der Waals surface area contributed by atoms with Crippen molar-refractivity contribution in [3.8, 4) is 0 Å². The van der Waals surface area contributed by atoms with E-state index in [-0.39, 0.29) is 11.9 Å². The minimum Gasteiger partial charge on any atom is -0.387 e. The van der Waals surface area contributed by atoms with Crippen LogP contribution in [-0.4, -0.2) is 42.1 Å². The predicted octanol–water partition coefficient (Wildman–Crippen LogP) is 4.83. The van der Waals surface area contributed by atoms with Gasteiger partial charge in [0.05, 0.1) is 22.9 Å². The Morgan fingerprint density at radius 1 is 1.06 bits per heavy atom. The second kappa shape index (κ2) is 10.1. The van der Waals surface area contributed by atoms with Crippen molar-refractivity contribution in [2.75, 3.05) is 31.1 Å². The topological polar surface area (TPSA) is 69.8 Å². The van der Waals surface area contributed by atoms with Crippen LogP contribution in [0.1, 0.15) is 33.6 Å². The molecule has 33 heavy (non-hydrogen) atoms. The van der Waals surface area contributed by atoms with Crippen LogP contribution in [0.2, 0.25) is 10.0 Å². The molecule has 1 aliphatic rings. The molecule has 0 bridgehead atoms. The van der Waals surface area contributed by atoms with Gasteiger partial charge in [0.25, 0.3) is 0 Å². The highest BCUT2D eigenvalue weighted by Crippen LogP contribution is 2.36. The van der Waals surface area contributed by atoms with E-state index in [1.54, 1.807) is 24.3 Å². The number of nitrogens with two attached hydrogens (primary N) is 1. The van der Waals surface area contributed by atoms with Gasteiger partial charge in [0.2, 0.25) is 5.91 Å². The normalized spacial score (nSPS) is 17.7. The molecule has 1 amide bonds. The Balaban J connectivity index is 1.59. The molecular formula is C25H24Cl2FN3O2. The van der Waals surface area contributed by atoms with Crippen molar-refractivity contribution >= 4 is 34.8 Å². The molecule has 1 aliphatic heterocycles. The first-order chi connectivity index (χ1) is 15.8. The summed E-state index contributed by atoms with van der Waals surface area (Å²) >= 11 is 12.6. The van der Waals surface area contributed by atoms with Gasteiger partial charge in [-0.15, -0.1) is 0 Å². The summed E-state index contributed by atoms with van der Waals surface area (Å²) in [6.07, 6.45) is -0.735. The standard InChI is InChI=1S/C25H24Cl2FN3O2/c26-19-6-1-16(2-7-19)23-14-30(15-24(32)17-3-8-20(28)9-4-17)11-12-31(23)22-10-5-18(25(29)33)13-21(22)27/h1-10,13,23-24,32H,11-12,14-15H2,(H2,29,33)/t23-,24+/m0/s1. The second-order valence-corrected chi connectivity index (χ2v) is 8.96. The fourth-order valence-electron chi connectivity index (χ4n) is 4.19. The van der Waals surface area contributed by atoms with Gasteiger partial charge in [-0.05, 0) is 53.6 Å². The van der Waals surface area contributed by atoms with E-state index in [1.807, 2.05) is 30.3 Å². The zero-order valence-corrected chi connectivity index (χ0v) is 19.3. The average molecular weight is 488 g/mol. The number of aliphatic hydroxyl groups excluding tert-OH is 1. The Labute approximate surface area is 202 Å². The Kier molecular flexibility index (Phi) is 7.20. The van der Waals surface area contributed by atoms with E-state index < -0.39 is 12.0 Å². The summed E-state index contributed by atoms with van der Waals surface area (Å²) in [7, 11) is 0. The van der Waals surface area contributed by atoms with E-state index in [4.69, 9.17) is 28.9 Å². The molecule has 2 atom stereocenters. The van der Waals surface area contributed by atoms with Gasteiger partial charge in [-0.1, -0.05) is 47.5 Å². The molecule has 1 fully saturated rings. The molecule has 1 saturated heterocycles. The number of aliphatic hydroxyl groups is 1. The molecule has 0 radical (unpaired) electrons. The van der Waals surface area contributed by atoms with E-state index in [1.165, 1.54) is 12.1 Å². The lowest BCUT2D eigenvalue weighted by atomic mass is 10.00. The fourth-order valence-corrected chi connectivity index (χ4v) is 4.61. The molecule has 0 spiro atoms. The van der Waals surface area contributed by atoms with Crippen molar-refractivity contribution in [2.45, 2.75) is 12.1 Å². The number of piperazine rings is 1. The summed E-state index contributed by atoms with van der Waals surface area (Å²) in [4.78, 5) is 15.9.